The van der Waals surface area contributed by atoms with E-state index in [1.807, 2.05) is 20.8 Å². The van der Waals surface area contributed by atoms with E-state index in [9.17, 15) is 14.7 Å². The largest absolute Gasteiger partial charge is 0.477 e. The summed E-state index contributed by atoms with van der Waals surface area (Å²) in [7, 11) is 0. The summed E-state index contributed by atoms with van der Waals surface area (Å²) in [5, 5.41) is 10.3. The van der Waals surface area contributed by atoms with Crippen molar-refractivity contribution in [1.82, 2.24) is 14.5 Å². The Kier molecular flexibility index (Phi) is 6.46. The van der Waals surface area contributed by atoms with E-state index < -0.39 is 11.6 Å². The van der Waals surface area contributed by atoms with Crippen molar-refractivity contribution in [2.45, 2.75) is 65.5 Å². The molecule has 0 aliphatic rings. The van der Waals surface area contributed by atoms with Crippen LogP contribution in [0.2, 0.25) is 5.28 Å². The van der Waals surface area contributed by atoms with Crippen LogP contribution in [-0.2, 0) is 9.53 Å². The van der Waals surface area contributed by atoms with Gasteiger partial charge in [-0.3, -0.25) is 4.79 Å². The van der Waals surface area contributed by atoms with Gasteiger partial charge in [0.2, 0.25) is 5.28 Å². The van der Waals surface area contributed by atoms with Gasteiger partial charge in [0.05, 0.1) is 0 Å². The van der Waals surface area contributed by atoms with Crippen LogP contribution < -0.4 is 0 Å². The van der Waals surface area contributed by atoms with Crippen LogP contribution in [0.25, 0.3) is 11.0 Å². The minimum atomic E-state index is -1.06. The van der Waals surface area contributed by atoms with E-state index in [1.54, 1.807) is 4.57 Å². The van der Waals surface area contributed by atoms with E-state index in [-0.39, 0.29) is 29.4 Å². The number of hydrogen-bond donors (Lipinski definition) is 1. The van der Waals surface area contributed by atoms with E-state index in [4.69, 9.17) is 16.3 Å². The molecule has 2 rings (SSSR count). The molecule has 27 heavy (non-hydrogen) atoms. The first-order chi connectivity index (χ1) is 12.5. The van der Waals surface area contributed by atoms with Crippen molar-refractivity contribution in [2.24, 2.45) is 5.92 Å². The summed E-state index contributed by atoms with van der Waals surface area (Å²) in [5.74, 6) is -1.07. The molecule has 0 aromatic carbocycles. The van der Waals surface area contributed by atoms with Crippen LogP contribution in [0.4, 0.5) is 0 Å². The Labute approximate surface area is 163 Å². The molecule has 0 aliphatic carbocycles. The maximum atomic E-state index is 12.2. The van der Waals surface area contributed by atoms with Crippen molar-refractivity contribution >= 4 is 34.6 Å². The third kappa shape index (κ3) is 5.66. The molecule has 148 valence electrons. The van der Waals surface area contributed by atoms with Gasteiger partial charge in [-0.05, 0) is 57.2 Å². The molecular formula is C19H26ClN3O4. The smallest absolute Gasteiger partial charge is 0.352 e. The highest BCUT2D eigenvalue weighted by molar-refractivity contribution is 6.28. The molecule has 2 heterocycles. The molecule has 7 nitrogen and oxygen atoms in total. The predicted octanol–water partition coefficient (Wildman–Crippen LogP) is 4.49. The Balaban J connectivity index is 2.41. The Bertz CT molecular complexity index is 839. The standard InChI is InChI=1S/C19H26ClN3O4/c1-11(2)8-13(6-7-15(24)27-19(3,4)5)23-14(17(25)26)9-12-10-21-18(20)22-16(12)23/h9-11,13H,6-8H2,1-5H3,(H,25,26). The molecule has 1 unspecified atom stereocenters. The Morgan fingerprint density at radius 2 is 2.00 bits per heavy atom. The summed E-state index contributed by atoms with van der Waals surface area (Å²) in [6.45, 7) is 9.55. The fourth-order valence-electron chi connectivity index (χ4n) is 3.09. The second kappa shape index (κ2) is 8.25. The number of esters is 1. The van der Waals surface area contributed by atoms with Crippen LogP contribution >= 0.6 is 11.6 Å². The molecule has 1 N–H and O–H groups in total. The predicted molar refractivity (Wildman–Crippen MR) is 103 cm³/mol. The Morgan fingerprint density at radius 1 is 1.33 bits per heavy atom. The minimum absolute atomic E-state index is 0.0502. The van der Waals surface area contributed by atoms with Crippen LogP contribution in [0, 0.1) is 5.92 Å². The number of carbonyl (C=O) groups is 2. The van der Waals surface area contributed by atoms with E-state index in [1.165, 1.54) is 12.3 Å². The fraction of sp³-hybridized carbons (Fsp3) is 0.579. The maximum Gasteiger partial charge on any atom is 0.352 e. The number of carbonyl (C=O) groups excluding carboxylic acids is 1. The van der Waals surface area contributed by atoms with Crippen LogP contribution in [0.1, 0.15) is 70.4 Å². The number of hydrogen-bond acceptors (Lipinski definition) is 5. The number of carboxylic acids is 1. The lowest BCUT2D eigenvalue weighted by molar-refractivity contribution is -0.155. The van der Waals surface area contributed by atoms with Gasteiger partial charge >= 0.3 is 11.9 Å². The van der Waals surface area contributed by atoms with Crippen molar-refractivity contribution in [2.75, 3.05) is 0 Å². The molecule has 0 fully saturated rings. The molecule has 0 bridgehead atoms. The van der Waals surface area contributed by atoms with Crippen LogP contribution in [0.3, 0.4) is 0 Å². The van der Waals surface area contributed by atoms with Gasteiger partial charge in [-0.15, -0.1) is 0 Å². The van der Waals surface area contributed by atoms with Gasteiger partial charge in [-0.2, -0.15) is 4.98 Å². The van der Waals surface area contributed by atoms with Crippen molar-refractivity contribution < 1.29 is 19.4 Å². The second-order valence-corrected chi connectivity index (χ2v) is 8.37. The number of rotatable bonds is 7. The summed E-state index contributed by atoms with van der Waals surface area (Å²) in [4.78, 5) is 32.1. The first kappa shape index (κ1) is 21.2. The second-order valence-electron chi connectivity index (χ2n) is 8.03. The van der Waals surface area contributed by atoms with Crippen molar-refractivity contribution in [3.63, 3.8) is 0 Å². The lowest BCUT2D eigenvalue weighted by Gasteiger charge is -2.24. The number of aromatic nitrogens is 3. The molecule has 0 radical (unpaired) electrons. The summed E-state index contributed by atoms with van der Waals surface area (Å²) < 4.78 is 7.05. The van der Waals surface area contributed by atoms with E-state index in [0.29, 0.717) is 29.8 Å². The molecule has 0 aliphatic heterocycles. The van der Waals surface area contributed by atoms with Gasteiger partial charge in [0.15, 0.2) is 0 Å². The molecule has 0 saturated carbocycles. The molecule has 0 amide bonds. The average molecular weight is 396 g/mol. The number of carboxylic acid groups (broad SMARTS) is 1. The summed E-state index contributed by atoms with van der Waals surface area (Å²) in [6, 6.07) is 1.31. The van der Waals surface area contributed by atoms with Gasteiger partial charge in [-0.1, -0.05) is 13.8 Å². The average Bonchev–Trinajstić information content (AvgIpc) is 2.88. The zero-order chi connectivity index (χ0) is 20.4. The topological polar surface area (TPSA) is 94.3 Å². The lowest BCUT2D eigenvalue weighted by atomic mass is 9.99. The zero-order valence-corrected chi connectivity index (χ0v) is 17.1. The van der Waals surface area contributed by atoms with Gasteiger partial charge in [0.25, 0.3) is 0 Å². The lowest BCUT2D eigenvalue weighted by Crippen LogP contribution is -2.25. The summed E-state index contributed by atoms with van der Waals surface area (Å²) in [5.41, 5.74) is 0.0104. The number of nitrogens with zero attached hydrogens (tertiary/aromatic N) is 3. The number of fused-ring (bicyclic) bond motifs is 1. The van der Waals surface area contributed by atoms with E-state index in [0.717, 1.165) is 0 Å². The van der Waals surface area contributed by atoms with Gasteiger partial charge in [0.1, 0.15) is 16.9 Å². The highest BCUT2D eigenvalue weighted by atomic mass is 35.5. The van der Waals surface area contributed by atoms with Gasteiger partial charge < -0.3 is 14.4 Å². The number of ether oxygens (including phenoxy) is 1. The zero-order valence-electron chi connectivity index (χ0n) is 16.3. The van der Waals surface area contributed by atoms with E-state index >= 15 is 0 Å². The number of halogens is 1. The van der Waals surface area contributed by atoms with Gasteiger partial charge in [0, 0.05) is 24.0 Å². The normalized spacial score (nSPS) is 13.1. The van der Waals surface area contributed by atoms with Crippen molar-refractivity contribution in [3.05, 3.63) is 23.2 Å². The first-order valence-electron chi connectivity index (χ1n) is 8.96. The highest BCUT2D eigenvalue weighted by Gasteiger charge is 2.25. The van der Waals surface area contributed by atoms with E-state index in [2.05, 4.69) is 23.8 Å². The Morgan fingerprint density at radius 3 is 2.56 bits per heavy atom. The molecule has 1 atom stereocenters. The summed E-state index contributed by atoms with van der Waals surface area (Å²) >= 11 is 5.93. The Hall–Kier alpha value is -2.15. The molecule has 0 spiro atoms. The fourth-order valence-corrected chi connectivity index (χ4v) is 3.22. The third-order valence-corrected chi connectivity index (χ3v) is 4.16. The molecular weight excluding hydrogens is 370 g/mol. The van der Waals surface area contributed by atoms with Crippen molar-refractivity contribution in [3.8, 4) is 0 Å². The first-order valence-corrected chi connectivity index (χ1v) is 9.34. The maximum absolute atomic E-state index is 12.2. The SMILES string of the molecule is CC(C)CC(CCC(=O)OC(C)(C)C)n1c(C(=O)O)cc2cnc(Cl)nc21. The van der Waals surface area contributed by atoms with Gasteiger partial charge in [-0.25, -0.2) is 9.78 Å². The highest BCUT2D eigenvalue weighted by Crippen LogP contribution is 2.31. The third-order valence-electron chi connectivity index (χ3n) is 3.98. The van der Waals surface area contributed by atoms with Crippen LogP contribution in [0.15, 0.2) is 12.3 Å². The number of aromatic carboxylic acids is 1. The van der Waals surface area contributed by atoms with Crippen LogP contribution in [0.5, 0.6) is 0 Å². The minimum Gasteiger partial charge on any atom is -0.477 e. The quantitative estimate of drug-likeness (QED) is 0.548. The molecule has 2 aromatic heterocycles. The summed E-state index contributed by atoms with van der Waals surface area (Å²) in [6.07, 6.45) is 2.83. The molecule has 2 aromatic rings. The van der Waals surface area contributed by atoms with Crippen LogP contribution in [-0.4, -0.2) is 37.2 Å². The molecule has 8 heteroatoms. The van der Waals surface area contributed by atoms with Crippen molar-refractivity contribution in [1.29, 1.82) is 0 Å². The monoisotopic (exact) mass is 395 g/mol. The molecule has 0 saturated heterocycles.